The predicted molar refractivity (Wildman–Crippen MR) is 72.0 cm³/mol. The second kappa shape index (κ2) is 6.84. The third-order valence-corrected chi connectivity index (χ3v) is 2.74. The van der Waals surface area contributed by atoms with E-state index in [1.165, 1.54) is 6.07 Å². The van der Waals surface area contributed by atoms with Gasteiger partial charge in [-0.15, -0.1) is 0 Å². The van der Waals surface area contributed by atoms with Crippen LogP contribution in [0.1, 0.15) is 32.3 Å². The van der Waals surface area contributed by atoms with Crippen LogP contribution in [0.2, 0.25) is 0 Å². The highest BCUT2D eigenvalue weighted by molar-refractivity contribution is 5.91. The number of nitro groups is 1. The van der Waals surface area contributed by atoms with Gasteiger partial charge in [0.05, 0.1) is 11.0 Å². The molecule has 0 aliphatic heterocycles. The van der Waals surface area contributed by atoms with Crippen LogP contribution >= 0.6 is 0 Å². The molecule has 2 N–H and O–H groups in total. The average molecular weight is 266 g/mol. The SMILES string of the molecule is CCc1ccc(NC(=O)CCC(C)O)cc1[N+](=O)[O-]. The van der Waals surface area contributed by atoms with Crippen molar-refractivity contribution in [3.05, 3.63) is 33.9 Å². The lowest BCUT2D eigenvalue weighted by molar-refractivity contribution is -0.385. The minimum atomic E-state index is -0.539. The van der Waals surface area contributed by atoms with E-state index in [1.807, 2.05) is 6.92 Å². The fourth-order valence-corrected chi connectivity index (χ4v) is 1.67. The highest BCUT2D eigenvalue weighted by Gasteiger charge is 2.14. The smallest absolute Gasteiger partial charge is 0.274 e. The molecule has 0 aliphatic rings. The van der Waals surface area contributed by atoms with Gasteiger partial charge in [-0.1, -0.05) is 13.0 Å². The number of nitrogens with zero attached hydrogens (tertiary/aromatic N) is 1. The number of nitro benzene ring substituents is 1. The van der Waals surface area contributed by atoms with E-state index in [0.29, 0.717) is 24.1 Å². The summed E-state index contributed by atoms with van der Waals surface area (Å²) in [5.41, 5.74) is 1.04. The van der Waals surface area contributed by atoms with E-state index in [9.17, 15) is 14.9 Å². The molecule has 1 rings (SSSR count). The number of benzene rings is 1. The molecule has 0 aromatic heterocycles. The molecule has 1 atom stereocenters. The topological polar surface area (TPSA) is 92.5 Å². The first-order valence-electron chi connectivity index (χ1n) is 6.19. The molecule has 0 fully saturated rings. The zero-order valence-corrected chi connectivity index (χ0v) is 11.0. The van der Waals surface area contributed by atoms with Gasteiger partial charge in [0.15, 0.2) is 0 Å². The molecule has 0 bridgehead atoms. The number of anilines is 1. The lowest BCUT2D eigenvalue weighted by Gasteiger charge is -2.07. The van der Waals surface area contributed by atoms with Crippen molar-refractivity contribution in [3.8, 4) is 0 Å². The Balaban J connectivity index is 2.77. The Labute approximate surface area is 111 Å². The largest absolute Gasteiger partial charge is 0.393 e. The minimum absolute atomic E-state index is 0.0100. The quantitative estimate of drug-likeness (QED) is 0.610. The lowest BCUT2D eigenvalue weighted by atomic mass is 10.1. The van der Waals surface area contributed by atoms with Crippen LogP contribution < -0.4 is 5.32 Å². The molecule has 1 unspecified atom stereocenters. The number of hydrogen-bond acceptors (Lipinski definition) is 4. The highest BCUT2D eigenvalue weighted by Crippen LogP contribution is 2.23. The summed E-state index contributed by atoms with van der Waals surface area (Å²) in [6.45, 7) is 3.44. The van der Waals surface area contributed by atoms with Gasteiger partial charge < -0.3 is 10.4 Å². The Morgan fingerprint density at radius 2 is 2.21 bits per heavy atom. The molecule has 0 radical (unpaired) electrons. The van der Waals surface area contributed by atoms with Gasteiger partial charge in [0.1, 0.15) is 0 Å². The average Bonchev–Trinajstić information content (AvgIpc) is 2.36. The van der Waals surface area contributed by atoms with Gasteiger partial charge in [0.25, 0.3) is 5.69 Å². The summed E-state index contributed by atoms with van der Waals surface area (Å²) in [5, 5.41) is 22.6. The Morgan fingerprint density at radius 1 is 1.53 bits per heavy atom. The van der Waals surface area contributed by atoms with E-state index in [-0.39, 0.29) is 18.0 Å². The molecule has 1 aromatic rings. The standard InChI is InChI=1S/C13H18N2O4/c1-3-10-5-6-11(8-12(10)15(18)19)14-13(17)7-4-9(2)16/h5-6,8-9,16H,3-4,7H2,1-2H3,(H,14,17). The molecule has 0 aliphatic carbocycles. The maximum absolute atomic E-state index is 11.6. The Morgan fingerprint density at radius 3 is 2.74 bits per heavy atom. The van der Waals surface area contributed by atoms with Crippen molar-refractivity contribution in [1.29, 1.82) is 0 Å². The molecule has 1 aromatic carbocycles. The number of aliphatic hydroxyl groups excluding tert-OH is 1. The maximum atomic E-state index is 11.6. The summed E-state index contributed by atoms with van der Waals surface area (Å²) in [4.78, 5) is 22.0. The third-order valence-electron chi connectivity index (χ3n) is 2.74. The van der Waals surface area contributed by atoms with E-state index in [2.05, 4.69) is 5.32 Å². The monoisotopic (exact) mass is 266 g/mol. The number of carbonyl (C=O) groups is 1. The van der Waals surface area contributed by atoms with Crippen LogP contribution in [-0.4, -0.2) is 22.0 Å². The minimum Gasteiger partial charge on any atom is -0.393 e. The predicted octanol–water partition coefficient (Wildman–Crippen LogP) is 2.26. The van der Waals surface area contributed by atoms with Gasteiger partial charge in [-0.05, 0) is 25.8 Å². The highest BCUT2D eigenvalue weighted by atomic mass is 16.6. The fourth-order valence-electron chi connectivity index (χ4n) is 1.67. The van der Waals surface area contributed by atoms with Gasteiger partial charge in [-0.3, -0.25) is 14.9 Å². The number of nitrogens with one attached hydrogen (secondary N) is 1. The van der Waals surface area contributed by atoms with Crippen LogP contribution in [0, 0.1) is 10.1 Å². The number of amides is 1. The first kappa shape index (κ1) is 15.1. The van der Waals surface area contributed by atoms with Gasteiger partial charge in [0.2, 0.25) is 5.91 Å². The molecule has 0 saturated carbocycles. The number of aliphatic hydroxyl groups is 1. The Hall–Kier alpha value is -1.95. The van der Waals surface area contributed by atoms with Crippen molar-refractivity contribution in [2.45, 2.75) is 39.2 Å². The maximum Gasteiger partial charge on any atom is 0.274 e. The van der Waals surface area contributed by atoms with Crippen LogP contribution in [0.4, 0.5) is 11.4 Å². The summed E-state index contributed by atoms with van der Waals surface area (Å²) in [6.07, 6.45) is 0.566. The molecule has 19 heavy (non-hydrogen) atoms. The molecule has 0 saturated heterocycles. The zero-order chi connectivity index (χ0) is 14.4. The van der Waals surface area contributed by atoms with Gasteiger partial charge in [-0.2, -0.15) is 0 Å². The lowest BCUT2D eigenvalue weighted by Crippen LogP contribution is -2.14. The van der Waals surface area contributed by atoms with E-state index in [0.717, 1.165) is 0 Å². The van der Waals surface area contributed by atoms with Crippen molar-refractivity contribution in [1.82, 2.24) is 0 Å². The van der Waals surface area contributed by atoms with Crippen molar-refractivity contribution in [2.75, 3.05) is 5.32 Å². The summed E-state index contributed by atoms with van der Waals surface area (Å²) in [5.74, 6) is -0.264. The van der Waals surface area contributed by atoms with Crippen LogP contribution in [0.25, 0.3) is 0 Å². The van der Waals surface area contributed by atoms with Crippen LogP contribution in [0.3, 0.4) is 0 Å². The second-order valence-corrected chi connectivity index (χ2v) is 4.39. The summed E-state index contributed by atoms with van der Waals surface area (Å²) >= 11 is 0. The van der Waals surface area contributed by atoms with Crippen LogP contribution in [-0.2, 0) is 11.2 Å². The Kier molecular flexibility index (Phi) is 5.44. The molecular formula is C13H18N2O4. The van der Waals surface area contributed by atoms with Crippen molar-refractivity contribution >= 4 is 17.3 Å². The van der Waals surface area contributed by atoms with Crippen molar-refractivity contribution in [3.63, 3.8) is 0 Å². The summed E-state index contributed by atoms with van der Waals surface area (Å²) < 4.78 is 0. The molecule has 1 amide bonds. The van der Waals surface area contributed by atoms with E-state index >= 15 is 0 Å². The number of rotatable bonds is 6. The zero-order valence-electron chi connectivity index (χ0n) is 11.0. The third kappa shape index (κ3) is 4.67. The van der Waals surface area contributed by atoms with Gasteiger partial charge in [-0.25, -0.2) is 0 Å². The molecule has 104 valence electrons. The fraction of sp³-hybridized carbons (Fsp3) is 0.462. The van der Waals surface area contributed by atoms with Crippen LogP contribution in [0.5, 0.6) is 0 Å². The Bertz CT molecular complexity index is 472. The second-order valence-electron chi connectivity index (χ2n) is 4.39. The molecule has 0 heterocycles. The van der Waals surface area contributed by atoms with Crippen LogP contribution in [0.15, 0.2) is 18.2 Å². The van der Waals surface area contributed by atoms with Crippen molar-refractivity contribution < 1.29 is 14.8 Å². The van der Waals surface area contributed by atoms with Crippen molar-refractivity contribution in [2.24, 2.45) is 0 Å². The first-order chi connectivity index (χ1) is 8.93. The summed E-state index contributed by atoms with van der Waals surface area (Å²) in [6, 6.07) is 4.65. The number of carbonyl (C=O) groups excluding carboxylic acids is 1. The first-order valence-corrected chi connectivity index (χ1v) is 6.19. The molecular weight excluding hydrogens is 248 g/mol. The van der Waals surface area contributed by atoms with E-state index in [4.69, 9.17) is 5.11 Å². The number of aryl methyl sites for hydroxylation is 1. The van der Waals surface area contributed by atoms with E-state index < -0.39 is 11.0 Å². The van der Waals surface area contributed by atoms with E-state index in [1.54, 1.807) is 19.1 Å². The van der Waals surface area contributed by atoms with Gasteiger partial charge in [0, 0.05) is 23.7 Å². The molecule has 0 spiro atoms. The molecule has 6 heteroatoms. The summed E-state index contributed by atoms with van der Waals surface area (Å²) in [7, 11) is 0. The van der Waals surface area contributed by atoms with Gasteiger partial charge >= 0.3 is 0 Å². The normalized spacial score (nSPS) is 11.9. The molecule has 6 nitrogen and oxygen atoms in total. The number of hydrogen-bond donors (Lipinski definition) is 2.